The van der Waals surface area contributed by atoms with Crippen molar-refractivity contribution in [3.8, 4) is 11.4 Å². The van der Waals surface area contributed by atoms with Crippen molar-refractivity contribution in [3.63, 3.8) is 0 Å². The Morgan fingerprint density at radius 3 is 2.68 bits per heavy atom. The Labute approximate surface area is 111 Å². The van der Waals surface area contributed by atoms with Crippen molar-refractivity contribution in [1.29, 1.82) is 0 Å². The summed E-state index contributed by atoms with van der Waals surface area (Å²) < 4.78 is 10.7. The van der Waals surface area contributed by atoms with Crippen LogP contribution in [0.3, 0.4) is 0 Å². The van der Waals surface area contributed by atoms with Gasteiger partial charge in [0.05, 0.1) is 19.3 Å². The molecule has 1 aliphatic heterocycles. The number of pyridine rings is 1. The van der Waals surface area contributed by atoms with Gasteiger partial charge in [0.25, 0.3) is 0 Å². The number of hydrogen-bond acceptors (Lipinski definition) is 6. The van der Waals surface area contributed by atoms with Crippen molar-refractivity contribution in [2.24, 2.45) is 0 Å². The van der Waals surface area contributed by atoms with Crippen molar-refractivity contribution in [2.75, 3.05) is 26.3 Å². The van der Waals surface area contributed by atoms with Gasteiger partial charge in [-0.05, 0) is 19.1 Å². The standard InChI is InChI=1S/C13H16N4O2/c1-10(17-6-8-18-9-7-17)13-15-12(16-19-13)11-2-4-14-5-3-11/h2-5,10H,6-9H2,1H3/t10-/m0/s1. The molecule has 3 rings (SSSR count). The Morgan fingerprint density at radius 1 is 1.21 bits per heavy atom. The lowest BCUT2D eigenvalue weighted by atomic mass is 10.2. The van der Waals surface area contributed by atoms with Crippen LogP contribution in [0.1, 0.15) is 18.9 Å². The number of aromatic nitrogens is 3. The summed E-state index contributed by atoms with van der Waals surface area (Å²) in [6.07, 6.45) is 3.44. The van der Waals surface area contributed by atoms with Crippen LogP contribution in [0.2, 0.25) is 0 Å². The first-order valence-electron chi connectivity index (χ1n) is 6.40. The monoisotopic (exact) mass is 260 g/mol. The molecule has 0 aromatic carbocycles. The summed E-state index contributed by atoms with van der Waals surface area (Å²) in [6.45, 7) is 5.39. The predicted octanol–water partition coefficient (Wildman–Crippen LogP) is 1.52. The third kappa shape index (κ3) is 2.64. The summed E-state index contributed by atoms with van der Waals surface area (Å²) in [5, 5.41) is 4.03. The molecule has 2 aromatic rings. The third-order valence-electron chi connectivity index (χ3n) is 3.33. The van der Waals surface area contributed by atoms with Gasteiger partial charge in [-0.15, -0.1) is 0 Å². The largest absolute Gasteiger partial charge is 0.379 e. The fraction of sp³-hybridized carbons (Fsp3) is 0.462. The van der Waals surface area contributed by atoms with Crippen LogP contribution in [0.4, 0.5) is 0 Å². The molecule has 1 atom stereocenters. The van der Waals surface area contributed by atoms with Crippen molar-refractivity contribution in [3.05, 3.63) is 30.4 Å². The Kier molecular flexibility index (Phi) is 3.52. The molecule has 1 saturated heterocycles. The van der Waals surface area contributed by atoms with E-state index < -0.39 is 0 Å². The van der Waals surface area contributed by atoms with E-state index in [0.29, 0.717) is 11.7 Å². The summed E-state index contributed by atoms with van der Waals surface area (Å²) >= 11 is 0. The van der Waals surface area contributed by atoms with Gasteiger partial charge in [-0.1, -0.05) is 5.16 Å². The maximum absolute atomic E-state index is 5.37. The molecule has 1 fully saturated rings. The van der Waals surface area contributed by atoms with E-state index in [1.807, 2.05) is 12.1 Å². The van der Waals surface area contributed by atoms with Gasteiger partial charge >= 0.3 is 0 Å². The molecule has 0 amide bonds. The van der Waals surface area contributed by atoms with Gasteiger partial charge < -0.3 is 9.26 Å². The smallest absolute Gasteiger partial charge is 0.244 e. The number of morpholine rings is 1. The second-order valence-electron chi connectivity index (χ2n) is 4.52. The van der Waals surface area contributed by atoms with E-state index in [0.717, 1.165) is 31.9 Å². The Balaban J connectivity index is 1.77. The van der Waals surface area contributed by atoms with Crippen LogP contribution in [0.25, 0.3) is 11.4 Å². The maximum atomic E-state index is 5.37. The van der Waals surface area contributed by atoms with Crippen LogP contribution < -0.4 is 0 Å². The van der Waals surface area contributed by atoms with E-state index in [1.165, 1.54) is 0 Å². The average Bonchev–Trinajstić information content (AvgIpc) is 2.98. The fourth-order valence-electron chi connectivity index (χ4n) is 2.14. The lowest BCUT2D eigenvalue weighted by molar-refractivity contribution is 0.0134. The van der Waals surface area contributed by atoms with Crippen LogP contribution in [0, 0.1) is 0 Å². The maximum Gasteiger partial charge on any atom is 0.244 e. The molecule has 1 aliphatic rings. The summed E-state index contributed by atoms with van der Waals surface area (Å²) in [5.41, 5.74) is 0.916. The fourth-order valence-corrected chi connectivity index (χ4v) is 2.14. The van der Waals surface area contributed by atoms with Crippen molar-refractivity contribution in [1.82, 2.24) is 20.0 Å². The summed E-state index contributed by atoms with van der Waals surface area (Å²) in [4.78, 5) is 10.7. The highest BCUT2D eigenvalue weighted by Crippen LogP contribution is 2.22. The van der Waals surface area contributed by atoms with Gasteiger partial charge in [-0.2, -0.15) is 4.98 Å². The Bertz CT molecular complexity index is 522. The van der Waals surface area contributed by atoms with Crippen molar-refractivity contribution >= 4 is 0 Å². The summed E-state index contributed by atoms with van der Waals surface area (Å²) in [6, 6.07) is 3.86. The van der Waals surface area contributed by atoms with Crippen molar-refractivity contribution in [2.45, 2.75) is 13.0 Å². The zero-order valence-electron chi connectivity index (χ0n) is 10.8. The first kappa shape index (κ1) is 12.3. The zero-order valence-corrected chi connectivity index (χ0v) is 10.8. The number of rotatable bonds is 3. The summed E-state index contributed by atoms with van der Waals surface area (Å²) in [7, 11) is 0. The van der Waals surface area contributed by atoms with E-state index in [2.05, 4.69) is 26.9 Å². The van der Waals surface area contributed by atoms with Crippen molar-refractivity contribution < 1.29 is 9.26 Å². The second kappa shape index (κ2) is 5.46. The van der Waals surface area contributed by atoms with Crippen LogP contribution in [0.15, 0.2) is 29.0 Å². The molecule has 0 bridgehead atoms. The van der Waals surface area contributed by atoms with Gasteiger partial charge in [0, 0.05) is 31.0 Å². The average molecular weight is 260 g/mol. The predicted molar refractivity (Wildman–Crippen MR) is 68.3 cm³/mol. The van der Waals surface area contributed by atoms with Gasteiger partial charge in [-0.3, -0.25) is 9.88 Å². The molecule has 3 heterocycles. The summed E-state index contributed by atoms with van der Waals surface area (Å²) in [5.74, 6) is 1.26. The molecular weight excluding hydrogens is 244 g/mol. The number of nitrogens with zero attached hydrogens (tertiary/aromatic N) is 4. The van der Waals surface area contributed by atoms with Crippen LogP contribution in [0.5, 0.6) is 0 Å². The quantitative estimate of drug-likeness (QED) is 0.833. The molecule has 2 aromatic heterocycles. The molecule has 0 unspecified atom stereocenters. The minimum absolute atomic E-state index is 0.118. The van der Waals surface area contributed by atoms with Gasteiger partial charge in [0.15, 0.2) is 0 Å². The van der Waals surface area contributed by atoms with E-state index in [9.17, 15) is 0 Å². The molecule has 0 N–H and O–H groups in total. The first-order chi connectivity index (χ1) is 9.34. The molecule has 0 radical (unpaired) electrons. The highest BCUT2D eigenvalue weighted by Gasteiger charge is 2.23. The van der Waals surface area contributed by atoms with Crippen LogP contribution >= 0.6 is 0 Å². The van der Waals surface area contributed by atoms with Crippen LogP contribution in [-0.2, 0) is 4.74 Å². The molecule has 6 heteroatoms. The number of ether oxygens (including phenoxy) is 1. The normalized spacial score (nSPS) is 18.4. The minimum Gasteiger partial charge on any atom is -0.379 e. The molecule has 0 aliphatic carbocycles. The van der Waals surface area contributed by atoms with E-state index in [4.69, 9.17) is 9.26 Å². The zero-order chi connectivity index (χ0) is 13.1. The highest BCUT2D eigenvalue weighted by atomic mass is 16.5. The lowest BCUT2D eigenvalue weighted by Gasteiger charge is -2.29. The molecule has 19 heavy (non-hydrogen) atoms. The van der Waals surface area contributed by atoms with E-state index in [1.54, 1.807) is 12.4 Å². The first-order valence-corrected chi connectivity index (χ1v) is 6.40. The highest BCUT2D eigenvalue weighted by molar-refractivity contribution is 5.52. The molecule has 100 valence electrons. The Hall–Kier alpha value is -1.79. The minimum atomic E-state index is 0.118. The topological polar surface area (TPSA) is 64.3 Å². The van der Waals surface area contributed by atoms with Crippen LogP contribution in [-0.4, -0.2) is 46.3 Å². The molecule has 0 saturated carbocycles. The van der Waals surface area contributed by atoms with Gasteiger partial charge in [0.1, 0.15) is 0 Å². The van der Waals surface area contributed by atoms with E-state index >= 15 is 0 Å². The van der Waals surface area contributed by atoms with Gasteiger partial charge in [0.2, 0.25) is 11.7 Å². The SMILES string of the molecule is C[C@@H](c1nc(-c2ccncc2)no1)N1CCOCC1. The Morgan fingerprint density at radius 2 is 1.95 bits per heavy atom. The third-order valence-corrected chi connectivity index (χ3v) is 3.33. The molecular formula is C13H16N4O2. The molecule has 0 spiro atoms. The van der Waals surface area contributed by atoms with Gasteiger partial charge in [-0.25, -0.2) is 0 Å². The second-order valence-corrected chi connectivity index (χ2v) is 4.52. The lowest BCUT2D eigenvalue weighted by Crippen LogP contribution is -2.38. The molecule has 6 nitrogen and oxygen atoms in total. The number of hydrogen-bond donors (Lipinski definition) is 0. The van der Waals surface area contributed by atoms with E-state index in [-0.39, 0.29) is 6.04 Å².